The SMILES string of the molecule is C[C](C)c1cc(I)cc([N+](=O)[O-])c1. The van der Waals surface area contributed by atoms with Gasteiger partial charge in [-0.2, -0.15) is 0 Å². The molecule has 0 N–H and O–H groups in total. The van der Waals surface area contributed by atoms with Gasteiger partial charge in [0.1, 0.15) is 0 Å². The Morgan fingerprint density at radius 2 is 2.00 bits per heavy atom. The van der Waals surface area contributed by atoms with Crippen LogP contribution in [0.3, 0.4) is 0 Å². The second-order valence-electron chi connectivity index (χ2n) is 2.96. The topological polar surface area (TPSA) is 43.1 Å². The average molecular weight is 290 g/mol. The van der Waals surface area contributed by atoms with Gasteiger partial charge < -0.3 is 0 Å². The molecule has 0 aliphatic carbocycles. The van der Waals surface area contributed by atoms with Crippen LogP contribution in [-0.2, 0) is 0 Å². The summed E-state index contributed by atoms with van der Waals surface area (Å²) in [5.74, 6) is 1.08. The summed E-state index contributed by atoms with van der Waals surface area (Å²) in [4.78, 5) is 10.2. The van der Waals surface area contributed by atoms with Crippen molar-refractivity contribution in [3.63, 3.8) is 0 Å². The lowest BCUT2D eigenvalue weighted by Crippen LogP contribution is -1.94. The minimum absolute atomic E-state index is 0.156. The molecule has 1 rings (SSSR count). The van der Waals surface area contributed by atoms with Crippen molar-refractivity contribution in [2.45, 2.75) is 13.8 Å². The fraction of sp³-hybridized carbons (Fsp3) is 0.222. The Morgan fingerprint density at radius 1 is 1.38 bits per heavy atom. The number of nitrogens with zero attached hydrogens (tertiary/aromatic N) is 1. The van der Waals surface area contributed by atoms with E-state index in [0.29, 0.717) is 0 Å². The lowest BCUT2D eigenvalue weighted by molar-refractivity contribution is -0.385. The van der Waals surface area contributed by atoms with Gasteiger partial charge in [0.25, 0.3) is 5.69 Å². The summed E-state index contributed by atoms with van der Waals surface area (Å²) in [6.45, 7) is 3.88. The third-order valence-corrected chi connectivity index (χ3v) is 2.29. The monoisotopic (exact) mass is 290 g/mol. The lowest BCUT2D eigenvalue weighted by Gasteiger charge is -2.04. The average Bonchev–Trinajstić information content (AvgIpc) is 2.03. The molecule has 1 aromatic carbocycles. The zero-order chi connectivity index (χ0) is 10.0. The molecule has 1 aromatic rings. The van der Waals surface area contributed by atoms with Crippen LogP contribution in [0.5, 0.6) is 0 Å². The number of non-ortho nitro benzene ring substituents is 1. The largest absolute Gasteiger partial charge is 0.270 e. The van der Waals surface area contributed by atoms with E-state index in [-0.39, 0.29) is 10.6 Å². The van der Waals surface area contributed by atoms with Crippen LogP contribution in [0, 0.1) is 19.6 Å². The molecule has 0 amide bonds. The Bertz CT molecular complexity index is 336. The molecule has 69 valence electrons. The minimum Gasteiger partial charge on any atom is -0.258 e. The number of nitro benzene ring substituents is 1. The van der Waals surface area contributed by atoms with Gasteiger partial charge in [-0.3, -0.25) is 10.1 Å². The molecule has 0 spiro atoms. The first-order chi connectivity index (χ1) is 6.00. The highest BCUT2D eigenvalue weighted by Crippen LogP contribution is 2.23. The van der Waals surface area contributed by atoms with E-state index in [9.17, 15) is 10.1 Å². The molecule has 3 nitrogen and oxygen atoms in total. The summed E-state index contributed by atoms with van der Waals surface area (Å²) in [5.41, 5.74) is 1.08. The van der Waals surface area contributed by atoms with Crippen LogP contribution in [0.2, 0.25) is 0 Å². The number of rotatable bonds is 2. The summed E-state index contributed by atoms with van der Waals surface area (Å²) in [7, 11) is 0. The summed E-state index contributed by atoms with van der Waals surface area (Å²) < 4.78 is 0.892. The van der Waals surface area contributed by atoms with Crippen molar-refractivity contribution < 1.29 is 4.92 Å². The predicted octanol–water partition coefficient (Wildman–Crippen LogP) is 3.16. The van der Waals surface area contributed by atoms with E-state index in [4.69, 9.17) is 0 Å². The van der Waals surface area contributed by atoms with E-state index in [1.54, 1.807) is 12.1 Å². The maximum atomic E-state index is 10.5. The summed E-state index contributed by atoms with van der Waals surface area (Å²) in [6.07, 6.45) is 0. The smallest absolute Gasteiger partial charge is 0.258 e. The van der Waals surface area contributed by atoms with Crippen LogP contribution in [0.4, 0.5) is 5.69 Å². The highest BCUT2D eigenvalue weighted by atomic mass is 127. The number of benzene rings is 1. The highest BCUT2D eigenvalue weighted by molar-refractivity contribution is 14.1. The quantitative estimate of drug-likeness (QED) is 0.477. The second-order valence-corrected chi connectivity index (χ2v) is 4.20. The van der Waals surface area contributed by atoms with Gasteiger partial charge in [-0.05, 0) is 40.1 Å². The molecule has 0 saturated carbocycles. The molecule has 13 heavy (non-hydrogen) atoms. The number of halogens is 1. The fourth-order valence-corrected chi connectivity index (χ4v) is 1.62. The molecule has 0 aliphatic heterocycles. The lowest BCUT2D eigenvalue weighted by atomic mass is 10.0. The summed E-state index contributed by atoms with van der Waals surface area (Å²) >= 11 is 2.08. The zero-order valence-electron chi connectivity index (χ0n) is 7.37. The van der Waals surface area contributed by atoms with Crippen molar-refractivity contribution in [1.29, 1.82) is 0 Å². The first kappa shape index (κ1) is 10.4. The molecule has 0 heterocycles. The van der Waals surface area contributed by atoms with E-state index >= 15 is 0 Å². The Balaban J connectivity index is 3.19. The second kappa shape index (κ2) is 4.04. The Labute approximate surface area is 90.4 Å². The molecule has 0 aromatic heterocycles. The molecule has 0 unspecified atom stereocenters. The predicted molar refractivity (Wildman–Crippen MR) is 59.5 cm³/mol. The van der Waals surface area contributed by atoms with Gasteiger partial charge in [-0.25, -0.2) is 0 Å². The molecule has 0 saturated heterocycles. The minimum atomic E-state index is -0.366. The van der Waals surface area contributed by atoms with Gasteiger partial charge in [0.05, 0.1) is 4.92 Å². The Morgan fingerprint density at radius 3 is 2.46 bits per heavy atom. The van der Waals surface area contributed by atoms with Gasteiger partial charge in [-0.1, -0.05) is 13.8 Å². The molecule has 4 heteroatoms. The number of nitro groups is 1. The zero-order valence-corrected chi connectivity index (χ0v) is 9.53. The van der Waals surface area contributed by atoms with Crippen molar-refractivity contribution in [2.24, 2.45) is 0 Å². The van der Waals surface area contributed by atoms with E-state index < -0.39 is 0 Å². The van der Waals surface area contributed by atoms with Gasteiger partial charge in [0.15, 0.2) is 0 Å². The molecule has 0 fully saturated rings. The Hall–Kier alpha value is -0.650. The van der Waals surface area contributed by atoms with Crippen LogP contribution in [0.25, 0.3) is 0 Å². The molecule has 0 bridgehead atoms. The summed E-state index contributed by atoms with van der Waals surface area (Å²) in [5, 5.41) is 10.5. The van der Waals surface area contributed by atoms with Crippen molar-refractivity contribution in [3.05, 3.63) is 43.4 Å². The first-order valence-corrected chi connectivity index (χ1v) is 4.84. The highest BCUT2D eigenvalue weighted by Gasteiger charge is 2.10. The first-order valence-electron chi connectivity index (χ1n) is 3.76. The van der Waals surface area contributed by atoms with Crippen LogP contribution in [-0.4, -0.2) is 4.92 Å². The molecule has 0 aliphatic rings. The van der Waals surface area contributed by atoms with Crippen LogP contribution < -0.4 is 0 Å². The van der Waals surface area contributed by atoms with Gasteiger partial charge in [0, 0.05) is 15.7 Å². The maximum absolute atomic E-state index is 10.5. The van der Waals surface area contributed by atoms with E-state index in [0.717, 1.165) is 15.1 Å². The third-order valence-electron chi connectivity index (χ3n) is 1.67. The van der Waals surface area contributed by atoms with Crippen molar-refractivity contribution in [1.82, 2.24) is 0 Å². The summed E-state index contributed by atoms with van der Waals surface area (Å²) in [6, 6.07) is 5.09. The van der Waals surface area contributed by atoms with Crippen molar-refractivity contribution in [2.75, 3.05) is 0 Å². The molecular formula is C9H9INO2. The van der Waals surface area contributed by atoms with E-state index in [2.05, 4.69) is 22.6 Å². The van der Waals surface area contributed by atoms with E-state index in [1.807, 2.05) is 19.9 Å². The number of hydrogen-bond donors (Lipinski definition) is 0. The molecule has 1 radical (unpaired) electrons. The normalized spacial score (nSPS) is 10.5. The third kappa shape index (κ3) is 2.65. The molecule has 0 atom stereocenters. The standard InChI is InChI=1S/C9H9INO2/c1-6(2)7-3-8(10)5-9(4-7)11(12)13/h3-5H,1-2H3. The van der Waals surface area contributed by atoms with Gasteiger partial charge >= 0.3 is 0 Å². The van der Waals surface area contributed by atoms with Crippen LogP contribution in [0.15, 0.2) is 18.2 Å². The Kier molecular flexibility index (Phi) is 3.24. The van der Waals surface area contributed by atoms with Crippen LogP contribution in [0.1, 0.15) is 19.4 Å². The van der Waals surface area contributed by atoms with Gasteiger partial charge in [0.2, 0.25) is 0 Å². The fourth-order valence-electron chi connectivity index (χ4n) is 0.968. The van der Waals surface area contributed by atoms with Crippen molar-refractivity contribution >= 4 is 28.3 Å². The van der Waals surface area contributed by atoms with Gasteiger partial charge in [-0.15, -0.1) is 0 Å². The number of hydrogen-bond acceptors (Lipinski definition) is 2. The van der Waals surface area contributed by atoms with Crippen LogP contribution >= 0.6 is 22.6 Å². The molecular weight excluding hydrogens is 281 g/mol. The van der Waals surface area contributed by atoms with Crippen molar-refractivity contribution in [3.8, 4) is 0 Å². The van der Waals surface area contributed by atoms with E-state index in [1.165, 1.54) is 0 Å². The maximum Gasteiger partial charge on any atom is 0.270 e.